The maximum atomic E-state index is 13.4. The number of carbonyl (C=O) groups is 2. The molecule has 0 saturated carbocycles. The first kappa shape index (κ1) is 17.9. The predicted molar refractivity (Wildman–Crippen MR) is 92.4 cm³/mol. The van der Waals surface area contributed by atoms with Crippen LogP contribution in [-0.2, 0) is 17.8 Å². The van der Waals surface area contributed by atoms with Gasteiger partial charge in [0.2, 0.25) is 5.91 Å². The maximum Gasteiger partial charge on any atom is 0.220 e. The molecule has 0 aliphatic heterocycles. The Hall–Kier alpha value is -2.49. The topological polar surface area (TPSA) is 46.2 Å². The van der Waals surface area contributed by atoms with Crippen LogP contribution in [-0.4, -0.2) is 11.7 Å². The number of aryl methyl sites for hydroxylation is 2. The SMILES string of the molecule is CCc1ccc(C(=O)CCC(=O)NCc2ccc(C)c(F)c2)cc1. The molecule has 1 N–H and O–H groups in total. The molecule has 0 fully saturated rings. The zero-order valence-electron chi connectivity index (χ0n) is 14.1. The molecule has 2 aromatic carbocycles. The molecule has 0 atom stereocenters. The normalized spacial score (nSPS) is 10.5. The third-order valence-corrected chi connectivity index (χ3v) is 3.99. The molecule has 0 aromatic heterocycles. The summed E-state index contributed by atoms with van der Waals surface area (Å²) in [4.78, 5) is 23.9. The molecule has 2 rings (SSSR count). The number of hydrogen-bond donors (Lipinski definition) is 1. The van der Waals surface area contributed by atoms with Gasteiger partial charge in [-0.25, -0.2) is 4.39 Å². The first-order valence-electron chi connectivity index (χ1n) is 8.13. The highest BCUT2D eigenvalue weighted by atomic mass is 19.1. The Morgan fingerprint density at radius 3 is 2.29 bits per heavy atom. The van der Waals surface area contributed by atoms with E-state index in [2.05, 4.69) is 12.2 Å². The first-order valence-corrected chi connectivity index (χ1v) is 8.13. The van der Waals surface area contributed by atoms with E-state index in [1.165, 1.54) is 11.6 Å². The summed E-state index contributed by atoms with van der Waals surface area (Å²) in [5.41, 5.74) is 3.08. The summed E-state index contributed by atoms with van der Waals surface area (Å²) in [6, 6.07) is 12.3. The van der Waals surface area contributed by atoms with Crippen LogP contribution >= 0.6 is 0 Å². The summed E-state index contributed by atoms with van der Waals surface area (Å²) in [7, 11) is 0. The number of benzene rings is 2. The molecule has 2 aromatic rings. The van der Waals surface area contributed by atoms with Crippen LogP contribution in [0.5, 0.6) is 0 Å². The minimum Gasteiger partial charge on any atom is -0.352 e. The number of Topliss-reactive ketones (excluding diaryl/α,β-unsaturated/α-hetero) is 1. The monoisotopic (exact) mass is 327 g/mol. The van der Waals surface area contributed by atoms with Crippen molar-refractivity contribution in [3.8, 4) is 0 Å². The number of amides is 1. The fourth-order valence-corrected chi connectivity index (χ4v) is 2.33. The molecular formula is C20H22FNO2. The van der Waals surface area contributed by atoms with E-state index in [9.17, 15) is 14.0 Å². The highest BCUT2D eigenvalue weighted by Crippen LogP contribution is 2.10. The Bertz CT molecular complexity index is 723. The Kier molecular flexibility index (Phi) is 6.24. The standard InChI is InChI=1S/C20H22FNO2/c1-3-15-6-8-17(9-7-15)19(23)10-11-20(24)22-13-16-5-4-14(2)18(21)12-16/h4-9,12H,3,10-11,13H2,1-2H3,(H,22,24). The molecule has 3 nitrogen and oxygen atoms in total. The van der Waals surface area contributed by atoms with Crippen molar-refractivity contribution in [2.45, 2.75) is 39.7 Å². The smallest absolute Gasteiger partial charge is 0.220 e. The van der Waals surface area contributed by atoms with Gasteiger partial charge in [-0.05, 0) is 36.1 Å². The lowest BCUT2D eigenvalue weighted by atomic mass is 10.0. The molecule has 0 bridgehead atoms. The molecule has 24 heavy (non-hydrogen) atoms. The summed E-state index contributed by atoms with van der Waals surface area (Å²) in [6.07, 6.45) is 1.22. The van der Waals surface area contributed by atoms with E-state index in [1.807, 2.05) is 12.1 Å². The van der Waals surface area contributed by atoms with Gasteiger partial charge in [0.15, 0.2) is 5.78 Å². The second-order valence-electron chi connectivity index (χ2n) is 5.83. The van der Waals surface area contributed by atoms with E-state index in [0.717, 1.165) is 6.42 Å². The molecular weight excluding hydrogens is 305 g/mol. The second-order valence-corrected chi connectivity index (χ2v) is 5.83. The van der Waals surface area contributed by atoms with Gasteiger partial charge < -0.3 is 5.32 Å². The first-order chi connectivity index (χ1) is 11.5. The summed E-state index contributed by atoms with van der Waals surface area (Å²) in [5.74, 6) is -0.545. The molecule has 0 saturated heterocycles. The second kappa shape index (κ2) is 8.39. The summed E-state index contributed by atoms with van der Waals surface area (Å²) < 4.78 is 13.4. The third kappa shape index (κ3) is 5.01. The average Bonchev–Trinajstić information content (AvgIpc) is 2.60. The predicted octanol–water partition coefficient (Wildman–Crippen LogP) is 3.98. The van der Waals surface area contributed by atoms with Gasteiger partial charge in [0.05, 0.1) is 0 Å². The zero-order chi connectivity index (χ0) is 17.5. The van der Waals surface area contributed by atoms with Crippen LogP contribution in [0.15, 0.2) is 42.5 Å². The van der Waals surface area contributed by atoms with Crippen LogP contribution in [0.4, 0.5) is 4.39 Å². The molecule has 0 spiro atoms. The number of rotatable bonds is 7. The number of halogens is 1. The lowest BCUT2D eigenvalue weighted by molar-refractivity contribution is -0.121. The quantitative estimate of drug-likeness (QED) is 0.782. The molecule has 1 amide bonds. The van der Waals surface area contributed by atoms with Gasteiger partial charge in [0.25, 0.3) is 0 Å². The van der Waals surface area contributed by atoms with E-state index < -0.39 is 0 Å². The van der Waals surface area contributed by atoms with Crippen molar-refractivity contribution in [3.63, 3.8) is 0 Å². The number of carbonyl (C=O) groups excluding carboxylic acids is 2. The van der Waals surface area contributed by atoms with Crippen molar-refractivity contribution in [1.29, 1.82) is 0 Å². The van der Waals surface area contributed by atoms with Crippen molar-refractivity contribution in [1.82, 2.24) is 5.32 Å². The lowest BCUT2D eigenvalue weighted by Crippen LogP contribution is -2.23. The van der Waals surface area contributed by atoms with Gasteiger partial charge in [-0.2, -0.15) is 0 Å². The molecule has 126 valence electrons. The Morgan fingerprint density at radius 1 is 1.00 bits per heavy atom. The molecule has 0 unspecified atom stereocenters. The van der Waals surface area contributed by atoms with Crippen LogP contribution in [0, 0.1) is 12.7 Å². The number of ketones is 1. The highest BCUT2D eigenvalue weighted by Gasteiger charge is 2.09. The summed E-state index contributed by atoms with van der Waals surface area (Å²) in [5, 5.41) is 2.71. The highest BCUT2D eigenvalue weighted by molar-refractivity contribution is 5.97. The van der Waals surface area contributed by atoms with E-state index in [4.69, 9.17) is 0 Å². The Morgan fingerprint density at radius 2 is 1.67 bits per heavy atom. The molecule has 0 aliphatic carbocycles. The fourth-order valence-electron chi connectivity index (χ4n) is 2.33. The molecule has 4 heteroatoms. The minimum absolute atomic E-state index is 0.0471. The molecule has 0 heterocycles. The molecule has 0 radical (unpaired) electrons. The van der Waals surface area contributed by atoms with E-state index in [-0.39, 0.29) is 36.9 Å². The van der Waals surface area contributed by atoms with E-state index in [0.29, 0.717) is 16.7 Å². The van der Waals surface area contributed by atoms with Crippen molar-refractivity contribution >= 4 is 11.7 Å². The maximum absolute atomic E-state index is 13.4. The average molecular weight is 327 g/mol. The van der Waals surface area contributed by atoms with Gasteiger partial charge in [-0.1, -0.05) is 43.3 Å². The van der Waals surface area contributed by atoms with Gasteiger partial charge in [0, 0.05) is 24.9 Å². The Labute approximate surface area is 141 Å². The zero-order valence-corrected chi connectivity index (χ0v) is 14.1. The van der Waals surface area contributed by atoms with Crippen LogP contribution in [0.25, 0.3) is 0 Å². The van der Waals surface area contributed by atoms with Crippen LogP contribution in [0.1, 0.15) is 46.8 Å². The van der Waals surface area contributed by atoms with Crippen molar-refractivity contribution in [3.05, 3.63) is 70.5 Å². The van der Waals surface area contributed by atoms with Crippen molar-refractivity contribution in [2.24, 2.45) is 0 Å². The van der Waals surface area contributed by atoms with Gasteiger partial charge in [-0.3, -0.25) is 9.59 Å². The van der Waals surface area contributed by atoms with Gasteiger partial charge >= 0.3 is 0 Å². The fraction of sp³-hybridized carbons (Fsp3) is 0.300. The number of hydrogen-bond acceptors (Lipinski definition) is 2. The van der Waals surface area contributed by atoms with Gasteiger partial charge in [0.1, 0.15) is 5.82 Å². The largest absolute Gasteiger partial charge is 0.352 e. The van der Waals surface area contributed by atoms with E-state index in [1.54, 1.807) is 31.2 Å². The third-order valence-electron chi connectivity index (χ3n) is 3.99. The van der Waals surface area contributed by atoms with Crippen LogP contribution in [0.2, 0.25) is 0 Å². The van der Waals surface area contributed by atoms with Crippen LogP contribution < -0.4 is 5.32 Å². The lowest BCUT2D eigenvalue weighted by Gasteiger charge is -2.07. The summed E-state index contributed by atoms with van der Waals surface area (Å²) >= 11 is 0. The van der Waals surface area contributed by atoms with Crippen molar-refractivity contribution < 1.29 is 14.0 Å². The van der Waals surface area contributed by atoms with E-state index >= 15 is 0 Å². The van der Waals surface area contributed by atoms with Crippen LogP contribution in [0.3, 0.4) is 0 Å². The minimum atomic E-state index is -0.285. The van der Waals surface area contributed by atoms with Crippen molar-refractivity contribution in [2.75, 3.05) is 0 Å². The molecule has 0 aliphatic rings. The van der Waals surface area contributed by atoms with Gasteiger partial charge in [-0.15, -0.1) is 0 Å². The summed E-state index contributed by atoms with van der Waals surface area (Å²) in [6.45, 7) is 4.01. The number of nitrogens with one attached hydrogen (secondary N) is 1. The Balaban J connectivity index is 1.79.